The highest BCUT2D eigenvalue weighted by Crippen LogP contribution is 2.40. The summed E-state index contributed by atoms with van der Waals surface area (Å²) in [4.78, 5) is 30.2. The summed E-state index contributed by atoms with van der Waals surface area (Å²) in [5, 5.41) is 4.20. The molecule has 8 nitrogen and oxygen atoms in total. The first-order valence-electron chi connectivity index (χ1n) is 12.4. The van der Waals surface area contributed by atoms with Crippen LogP contribution >= 0.6 is 0 Å². The van der Waals surface area contributed by atoms with Gasteiger partial charge in [0.1, 0.15) is 22.9 Å². The molecule has 0 bridgehead atoms. The van der Waals surface area contributed by atoms with Crippen LogP contribution in [0.25, 0.3) is 27.8 Å². The average Bonchev–Trinajstić information content (AvgIpc) is 3.44. The minimum absolute atomic E-state index is 0.0177. The van der Waals surface area contributed by atoms with Crippen molar-refractivity contribution >= 4 is 33.8 Å². The van der Waals surface area contributed by atoms with Gasteiger partial charge in [-0.3, -0.25) is 14.2 Å². The third kappa shape index (κ3) is 3.79. The number of nitrogens with zero attached hydrogens (tertiary/aromatic N) is 4. The monoisotopic (exact) mass is 479 g/mol. The Morgan fingerprint density at radius 3 is 2.64 bits per heavy atom. The van der Waals surface area contributed by atoms with Gasteiger partial charge >= 0.3 is 0 Å². The second-order valence-corrected chi connectivity index (χ2v) is 9.75. The fourth-order valence-electron chi connectivity index (χ4n) is 5.47. The van der Waals surface area contributed by atoms with Gasteiger partial charge in [0.15, 0.2) is 0 Å². The van der Waals surface area contributed by atoms with Crippen LogP contribution in [0.15, 0.2) is 55.0 Å². The first-order chi connectivity index (χ1) is 17.5. The molecule has 4 heterocycles. The molecule has 0 aliphatic heterocycles. The first kappa shape index (κ1) is 22.3. The van der Waals surface area contributed by atoms with Crippen molar-refractivity contribution in [3.8, 4) is 11.4 Å². The Labute approximate surface area is 209 Å². The molecule has 0 radical (unpaired) electrons. The van der Waals surface area contributed by atoms with E-state index in [0.717, 1.165) is 70.9 Å². The van der Waals surface area contributed by atoms with E-state index < -0.39 is 0 Å². The van der Waals surface area contributed by atoms with E-state index in [1.54, 1.807) is 12.4 Å². The van der Waals surface area contributed by atoms with E-state index in [1.165, 1.54) is 5.39 Å². The first-order valence-corrected chi connectivity index (χ1v) is 12.4. The maximum Gasteiger partial charge on any atom is 0.227 e. The molecular weight excluding hydrogens is 450 g/mol. The Hall–Kier alpha value is -4.20. The predicted molar refractivity (Wildman–Crippen MR) is 142 cm³/mol. The molecule has 0 spiro atoms. The number of imidazole rings is 1. The number of H-pyrrole nitrogens is 1. The van der Waals surface area contributed by atoms with Gasteiger partial charge in [-0.05, 0) is 63.3 Å². The number of para-hydroxylation sites is 1. The van der Waals surface area contributed by atoms with Crippen LogP contribution in [0.2, 0.25) is 0 Å². The molecule has 4 N–H and O–H groups in total. The van der Waals surface area contributed by atoms with Gasteiger partial charge < -0.3 is 16.0 Å². The predicted octanol–water partition coefficient (Wildman–Crippen LogP) is 5.38. The van der Waals surface area contributed by atoms with Crippen LogP contribution in [0, 0.1) is 19.8 Å². The van der Waals surface area contributed by atoms with E-state index in [4.69, 9.17) is 10.7 Å². The molecule has 6 rings (SSSR count). The Bertz CT molecular complexity index is 1570. The van der Waals surface area contributed by atoms with Gasteiger partial charge in [0.25, 0.3) is 0 Å². The topological polar surface area (TPSA) is 114 Å². The van der Waals surface area contributed by atoms with Crippen molar-refractivity contribution < 1.29 is 4.79 Å². The molecule has 1 amide bonds. The zero-order valence-electron chi connectivity index (χ0n) is 20.5. The van der Waals surface area contributed by atoms with Crippen LogP contribution in [0.4, 0.5) is 11.5 Å². The number of hydrogen-bond donors (Lipinski definition) is 3. The number of nitrogens with two attached hydrogens (primary N) is 1. The third-order valence-electron chi connectivity index (χ3n) is 7.45. The van der Waals surface area contributed by atoms with Gasteiger partial charge in [-0.15, -0.1) is 0 Å². The highest BCUT2D eigenvalue weighted by atomic mass is 16.1. The van der Waals surface area contributed by atoms with E-state index in [9.17, 15) is 4.79 Å². The SMILES string of the molecule is Cc1ccc(NC(=O)C2CCC(c3nc(-c4[nH]c5ccccc5c4C)c4c(N)nccn34)CC2)cn1. The van der Waals surface area contributed by atoms with Crippen LogP contribution in [0.3, 0.4) is 0 Å². The van der Waals surface area contributed by atoms with Crippen LogP contribution < -0.4 is 11.1 Å². The van der Waals surface area contributed by atoms with Crippen molar-refractivity contribution in [3.05, 3.63) is 72.1 Å². The minimum atomic E-state index is -0.0177. The molecule has 0 unspecified atom stereocenters. The molecule has 1 fully saturated rings. The quantitative estimate of drug-likeness (QED) is 0.320. The lowest BCUT2D eigenvalue weighted by Gasteiger charge is -2.27. The Morgan fingerprint density at radius 2 is 1.89 bits per heavy atom. The fourth-order valence-corrected chi connectivity index (χ4v) is 5.47. The number of pyridine rings is 1. The normalized spacial score (nSPS) is 18.1. The highest BCUT2D eigenvalue weighted by molar-refractivity contribution is 5.95. The summed E-state index contributed by atoms with van der Waals surface area (Å²) in [6.07, 6.45) is 8.77. The van der Waals surface area contributed by atoms with Crippen molar-refractivity contribution in [2.45, 2.75) is 45.4 Å². The van der Waals surface area contributed by atoms with Gasteiger partial charge in [-0.2, -0.15) is 0 Å². The summed E-state index contributed by atoms with van der Waals surface area (Å²) in [5.41, 5.74) is 12.9. The molecule has 4 aromatic heterocycles. The Morgan fingerprint density at radius 1 is 1.08 bits per heavy atom. The molecule has 1 aliphatic rings. The number of aryl methyl sites for hydroxylation is 2. The van der Waals surface area contributed by atoms with Gasteiger partial charge in [0.05, 0.1) is 17.6 Å². The number of carbonyl (C=O) groups is 1. The Balaban J connectivity index is 1.28. The number of nitrogen functional groups attached to an aromatic ring is 1. The number of aromatic nitrogens is 5. The smallest absolute Gasteiger partial charge is 0.227 e. The molecule has 182 valence electrons. The van der Waals surface area contributed by atoms with E-state index in [2.05, 4.69) is 43.7 Å². The molecule has 1 aliphatic carbocycles. The summed E-state index contributed by atoms with van der Waals surface area (Å²) < 4.78 is 2.09. The number of carbonyl (C=O) groups excluding carboxylic acids is 1. The lowest BCUT2D eigenvalue weighted by atomic mass is 9.81. The number of hydrogen-bond acceptors (Lipinski definition) is 5. The number of aromatic amines is 1. The van der Waals surface area contributed by atoms with Crippen LogP contribution in [0.1, 0.15) is 48.7 Å². The number of anilines is 2. The van der Waals surface area contributed by atoms with Gasteiger partial charge in [-0.1, -0.05) is 18.2 Å². The van der Waals surface area contributed by atoms with Gasteiger partial charge in [-0.25, -0.2) is 9.97 Å². The van der Waals surface area contributed by atoms with Crippen molar-refractivity contribution in [1.82, 2.24) is 24.3 Å². The number of benzene rings is 1. The van der Waals surface area contributed by atoms with E-state index in [0.29, 0.717) is 5.82 Å². The van der Waals surface area contributed by atoms with Gasteiger partial charge in [0.2, 0.25) is 5.91 Å². The second kappa shape index (κ2) is 8.78. The zero-order chi connectivity index (χ0) is 24.8. The molecular formula is C28H29N7O. The summed E-state index contributed by atoms with van der Waals surface area (Å²) in [6, 6.07) is 12.1. The zero-order valence-corrected chi connectivity index (χ0v) is 20.5. The maximum absolute atomic E-state index is 12.9. The number of rotatable bonds is 4. The molecule has 1 aromatic carbocycles. The molecule has 5 aromatic rings. The van der Waals surface area contributed by atoms with Crippen molar-refractivity contribution in [2.24, 2.45) is 5.92 Å². The number of nitrogens with one attached hydrogen (secondary N) is 2. The van der Waals surface area contributed by atoms with E-state index >= 15 is 0 Å². The molecule has 0 atom stereocenters. The van der Waals surface area contributed by atoms with Crippen molar-refractivity contribution in [3.63, 3.8) is 0 Å². The van der Waals surface area contributed by atoms with Crippen LogP contribution in [-0.2, 0) is 4.79 Å². The average molecular weight is 480 g/mol. The summed E-state index contributed by atoms with van der Waals surface area (Å²) in [6.45, 7) is 4.04. The summed E-state index contributed by atoms with van der Waals surface area (Å²) >= 11 is 0. The second-order valence-electron chi connectivity index (χ2n) is 9.75. The van der Waals surface area contributed by atoms with E-state index in [-0.39, 0.29) is 17.7 Å². The number of amides is 1. The number of fused-ring (bicyclic) bond motifs is 2. The lowest BCUT2D eigenvalue weighted by Crippen LogP contribution is -2.27. The van der Waals surface area contributed by atoms with Crippen LogP contribution in [-0.4, -0.2) is 30.2 Å². The van der Waals surface area contributed by atoms with Crippen LogP contribution in [0.5, 0.6) is 0 Å². The van der Waals surface area contributed by atoms with Gasteiger partial charge in [0, 0.05) is 40.8 Å². The Kier molecular flexibility index (Phi) is 5.44. The van der Waals surface area contributed by atoms with E-state index in [1.807, 2.05) is 37.4 Å². The van der Waals surface area contributed by atoms with Crippen molar-refractivity contribution in [2.75, 3.05) is 11.1 Å². The highest BCUT2D eigenvalue weighted by Gasteiger charge is 2.31. The minimum Gasteiger partial charge on any atom is -0.382 e. The molecule has 0 saturated heterocycles. The lowest BCUT2D eigenvalue weighted by molar-refractivity contribution is -0.120. The maximum atomic E-state index is 12.9. The summed E-state index contributed by atoms with van der Waals surface area (Å²) in [7, 11) is 0. The molecule has 1 saturated carbocycles. The third-order valence-corrected chi connectivity index (χ3v) is 7.45. The molecule has 36 heavy (non-hydrogen) atoms. The summed E-state index contributed by atoms with van der Waals surface area (Å²) in [5.74, 6) is 1.73. The van der Waals surface area contributed by atoms with Crippen molar-refractivity contribution in [1.29, 1.82) is 0 Å². The molecule has 8 heteroatoms. The standard InChI is InChI=1S/C28H29N7O/c1-16-7-12-20(15-31-16)32-28(36)19-10-8-18(9-11-19)27-34-24(25-26(29)30-13-14-35(25)27)23-17(2)21-5-3-4-6-22(21)33-23/h3-7,12-15,18-19,33H,8-11H2,1-2H3,(H2,29,30)(H,32,36). The fraction of sp³-hybridized carbons (Fsp3) is 0.286. The largest absolute Gasteiger partial charge is 0.382 e.